The van der Waals surface area contributed by atoms with Crippen molar-refractivity contribution in [3.8, 4) is 40.5 Å². The van der Waals surface area contributed by atoms with E-state index in [9.17, 15) is 4.79 Å². The van der Waals surface area contributed by atoms with E-state index in [1.54, 1.807) is 10.6 Å². The van der Waals surface area contributed by atoms with Gasteiger partial charge in [-0.3, -0.25) is 9.78 Å². The molecule has 3 fully saturated rings. The molecule has 5 heterocycles. The third kappa shape index (κ3) is 13.0. The minimum atomic E-state index is -0.0941. The van der Waals surface area contributed by atoms with Gasteiger partial charge in [0.25, 0.3) is 5.56 Å². The van der Waals surface area contributed by atoms with Crippen LogP contribution in [0.4, 0.5) is 0 Å². The van der Waals surface area contributed by atoms with Gasteiger partial charge in [-0.15, -0.1) is 0 Å². The molecule has 3 aliphatic rings. The Morgan fingerprint density at radius 2 is 1.41 bits per heavy atom. The number of ether oxygens (including phenoxy) is 7. The fraction of sp³-hybridized carbons (Fsp3) is 0.404. The summed E-state index contributed by atoms with van der Waals surface area (Å²) < 4.78 is 41.0. The molecule has 308 valence electrons. The van der Waals surface area contributed by atoms with Gasteiger partial charge in [-0.1, -0.05) is 61.2 Å². The summed E-state index contributed by atoms with van der Waals surface area (Å²) in [5.74, 6) is 9.21. The lowest BCUT2D eigenvalue weighted by Crippen LogP contribution is -2.33. The van der Waals surface area contributed by atoms with E-state index < -0.39 is 0 Å². The number of nitrogens with zero attached hydrogens (tertiary/aromatic N) is 4. The lowest BCUT2D eigenvalue weighted by molar-refractivity contribution is -0.102. The maximum Gasteiger partial charge on any atom is 0.254 e. The van der Waals surface area contributed by atoms with E-state index in [4.69, 9.17) is 33.2 Å². The monoisotopic (exact) mass is 800 g/mol. The van der Waals surface area contributed by atoms with Crippen LogP contribution < -0.4 is 19.8 Å². The number of aryl methyl sites for hydroxylation is 3. The van der Waals surface area contributed by atoms with Gasteiger partial charge in [-0.25, -0.2) is 0 Å². The van der Waals surface area contributed by atoms with E-state index in [-0.39, 0.29) is 17.8 Å². The molecule has 2 aromatic carbocycles. The third-order valence-corrected chi connectivity index (χ3v) is 9.88. The van der Waals surface area contributed by atoms with Gasteiger partial charge in [0.15, 0.2) is 0 Å². The highest BCUT2D eigenvalue weighted by Gasteiger charge is 2.18. The normalized spacial score (nSPS) is 17.5. The van der Waals surface area contributed by atoms with Crippen LogP contribution in [0.1, 0.15) is 53.7 Å². The van der Waals surface area contributed by atoms with E-state index >= 15 is 0 Å². The van der Waals surface area contributed by atoms with E-state index in [1.165, 1.54) is 18.9 Å². The number of hydrogen-bond acceptors (Lipinski definition) is 11. The van der Waals surface area contributed by atoms with Crippen molar-refractivity contribution in [2.24, 2.45) is 5.92 Å². The lowest BCUT2D eigenvalue weighted by Gasteiger charge is -2.23. The van der Waals surface area contributed by atoms with Crippen molar-refractivity contribution in [1.82, 2.24) is 19.5 Å². The van der Waals surface area contributed by atoms with Crippen LogP contribution in [0.25, 0.3) is 11.1 Å². The van der Waals surface area contributed by atoms with Crippen LogP contribution in [0, 0.1) is 31.6 Å². The molecular formula is C47H52N4O8. The first-order chi connectivity index (χ1) is 28.9. The van der Waals surface area contributed by atoms with Gasteiger partial charge in [0.2, 0.25) is 11.8 Å². The molecular weight excluding hydrogens is 749 g/mol. The molecule has 2 saturated heterocycles. The van der Waals surface area contributed by atoms with Crippen molar-refractivity contribution in [1.29, 1.82) is 0 Å². The Bertz CT molecular complexity index is 2220. The number of benzene rings is 2. The SMILES string of the molecule is CCc1ccc(-c2ccc(Cn3c(C)cc(OC[C@H]4COCCO4)cc3=O)cc2)cn1.Cc1nc(OCc2ccc(C#CC3CC3)cc2)cc(OC[C@H]2COCCO2)n1. The molecule has 8 rings (SSSR count). The van der Waals surface area contributed by atoms with E-state index in [1.807, 2.05) is 50.4 Å². The molecule has 5 aromatic rings. The van der Waals surface area contributed by atoms with Gasteiger partial charge in [-0.2, -0.15) is 9.97 Å². The van der Waals surface area contributed by atoms with Gasteiger partial charge < -0.3 is 37.7 Å². The highest BCUT2D eigenvalue weighted by molar-refractivity contribution is 5.62. The van der Waals surface area contributed by atoms with E-state index in [0.29, 0.717) is 95.3 Å². The molecule has 12 heteroatoms. The van der Waals surface area contributed by atoms with Gasteiger partial charge in [-0.05, 0) is 74.1 Å². The molecule has 0 unspecified atom stereocenters. The molecule has 2 aliphatic heterocycles. The minimum Gasteiger partial charge on any atom is -0.491 e. The lowest BCUT2D eigenvalue weighted by atomic mass is 10.0. The molecule has 0 N–H and O–H groups in total. The number of pyridine rings is 2. The molecule has 0 spiro atoms. The number of hydrogen-bond donors (Lipinski definition) is 0. The molecule has 0 radical (unpaired) electrons. The Morgan fingerprint density at radius 1 is 0.746 bits per heavy atom. The summed E-state index contributed by atoms with van der Waals surface area (Å²) in [5.41, 5.74) is 7.22. The van der Waals surface area contributed by atoms with Crippen LogP contribution >= 0.6 is 0 Å². The summed E-state index contributed by atoms with van der Waals surface area (Å²) >= 11 is 0. The largest absolute Gasteiger partial charge is 0.491 e. The van der Waals surface area contributed by atoms with Crippen LogP contribution in [0.2, 0.25) is 0 Å². The molecule has 2 atom stereocenters. The fourth-order valence-corrected chi connectivity index (χ4v) is 6.32. The second-order valence-electron chi connectivity index (χ2n) is 14.7. The smallest absolute Gasteiger partial charge is 0.254 e. The van der Waals surface area contributed by atoms with Gasteiger partial charge in [0.05, 0.1) is 52.3 Å². The summed E-state index contributed by atoms with van der Waals surface area (Å²) in [5, 5.41) is 0. The van der Waals surface area contributed by atoms with Crippen molar-refractivity contribution in [3.63, 3.8) is 0 Å². The molecule has 1 aliphatic carbocycles. The second kappa shape index (κ2) is 20.9. The zero-order chi connectivity index (χ0) is 40.8. The van der Waals surface area contributed by atoms with Gasteiger partial charge in [0, 0.05) is 40.7 Å². The maximum atomic E-state index is 12.7. The minimum absolute atomic E-state index is 0.0741. The van der Waals surface area contributed by atoms with Crippen molar-refractivity contribution in [2.75, 3.05) is 52.9 Å². The summed E-state index contributed by atoms with van der Waals surface area (Å²) in [6.45, 7) is 11.0. The topological polar surface area (TPSA) is 125 Å². The van der Waals surface area contributed by atoms with Crippen LogP contribution in [0.5, 0.6) is 17.5 Å². The van der Waals surface area contributed by atoms with Crippen molar-refractivity contribution < 1.29 is 33.2 Å². The standard InChI is InChI=1S/C25H28N2O4.C22H24N2O4/c1-3-22-9-8-21(14-26-22)20-6-4-19(5-7-20)15-27-18(2)12-23(13-25(27)28)31-17-24-16-29-10-11-30-24;1-16-23-21(12-22(24-16)28-15-20-14-25-10-11-26-20)27-13-19-8-6-18(7-9-19)5-4-17-2-3-17/h4-9,12-14,24H,3,10-11,15-17H2,1-2H3;6-9,12,17,20H,2-3,10-11,13-15H2,1H3/t24-;20-/m11/s1. The van der Waals surface area contributed by atoms with Crippen LogP contribution in [-0.2, 0) is 38.5 Å². The highest BCUT2D eigenvalue weighted by atomic mass is 16.6. The van der Waals surface area contributed by atoms with Crippen LogP contribution in [0.3, 0.4) is 0 Å². The molecule has 0 amide bonds. The van der Waals surface area contributed by atoms with Crippen molar-refractivity contribution >= 4 is 0 Å². The van der Waals surface area contributed by atoms with Crippen LogP contribution in [0.15, 0.2) is 89.9 Å². The summed E-state index contributed by atoms with van der Waals surface area (Å²) in [6.07, 6.45) is 5.15. The maximum absolute atomic E-state index is 12.7. The molecule has 59 heavy (non-hydrogen) atoms. The molecule has 1 saturated carbocycles. The predicted octanol–water partition coefficient (Wildman–Crippen LogP) is 6.54. The summed E-state index contributed by atoms with van der Waals surface area (Å²) in [6, 6.07) is 25.6. The quantitative estimate of drug-likeness (QED) is 0.121. The van der Waals surface area contributed by atoms with E-state index in [2.05, 4.69) is 70.1 Å². The van der Waals surface area contributed by atoms with Gasteiger partial charge in [0.1, 0.15) is 43.6 Å². The Labute approximate surface area is 345 Å². The number of rotatable bonds is 13. The first-order valence-corrected chi connectivity index (χ1v) is 20.4. The first-order valence-electron chi connectivity index (χ1n) is 20.4. The van der Waals surface area contributed by atoms with Gasteiger partial charge >= 0.3 is 0 Å². The van der Waals surface area contributed by atoms with E-state index in [0.717, 1.165) is 45.6 Å². The zero-order valence-corrected chi connectivity index (χ0v) is 34.1. The highest BCUT2D eigenvalue weighted by Crippen LogP contribution is 2.27. The Hall–Kier alpha value is -5.58. The average molecular weight is 801 g/mol. The first kappa shape index (κ1) is 41.6. The second-order valence-corrected chi connectivity index (χ2v) is 14.7. The Kier molecular flexibility index (Phi) is 14.7. The Morgan fingerprint density at radius 3 is 2.02 bits per heavy atom. The number of aromatic nitrogens is 4. The summed E-state index contributed by atoms with van der Waals surface area (Å²) in [4.78, 5) is 25.8. The molecule has 3 aromatic heterocycles. The van der Waals surface area contributed by atoms with Crippen LogP contribution in [-0.4, -0.2) is 84.6 Å². The fourth-order valence-electron chi connectivity index (χ4n) is 6.32. The molecule has 12 nitrogen and oxygen atoms in total. The van der Waals surface area contributed by atoms with Crippen molar-refractivity contribution in [3.05, 3.63) is 129 Å². The third-order valence-electron chi connectivity index (χ3n) is 9.88. The van der Waals surface area contributed by atoms with Crippen molar-refractivity contribution in [2.45, 2.75) is 65.4 Å². The molecule has 0 bridgehead atoms. The average Bonchev–Trinajstić information content (AvgIpc) is 4.11. The Balaban J connectivity index is 0.000000180. The predicted molar refractivity (Wildman–Crippen MR) is 223 cm³/mol. The summed E-state index contributed by atoms with van der Waals surface area (Å²) in [7, 11) is 0. The zero-order valence-electron chi connectivity index (χ0n) is 34.1.